The van der Waals surface area contributed by atoms with Crippen LogP contribution in [0.1, 0.15) is 76.7 Å². The minimum absolute atomic E-state index is 0.0640. The number of fused-ring (bicyclic) bond motifs is 4. The smallest absolute Gasteiger partial charge is 0.156 e. The molecule has 5 atom stereocenters. The first kappa shape index (κ1) is 23.5. The number of rotatable bonds is 5. The number of nitrogens with zero attached hydrogens (tertiary/aromatic N) is 1. The Labute approximate surface area is 204 Å². The van der Waals surface area contributed by atoms with Gasteiger partial charge in [-0.2, -0.15) is 0 Å². The highest BCUT2D eigenvalue weighted by Gasteiger charge is 2.63. The third kappa shape index (κ3) is 3.44. The molecule has 34 heavy (non-hydrogen) atoms. The zero-order valence-electron chi connectivity index (χ0n) is 21.2. The molecule has 0 radical (unpaired) electrons. The summed E-state index contributed by atoms with van der Waals surface area (Å²) in [6, 6.07) is 8.97. The molecule has 2 saturated carbocycles. The van der Waals surface area contributed by atoms with E-state index < -0.39 is 5.41 Å². The van der Waals surface area contributed by atoms with Crippen molar-refractivity contribution in [1.29, 1.82) is 0 Å². The first-order valence-corrected chi connectivity index (χ1v) is 13.1. The Hall–Kier alpha value is -2.20. The van der Waals surface area contributed by atoms with E-state index in [1.165, 1.54) is 22.4 Å². The van der Waals surface area contributed by atoms with E-state index in [0.29, 0.717) is 18.3 Å². The summed E-state index contributed by atoms with van der Waals surface area (Å²) in [7, 11) is 4.13. The number of hydrogen-bond acceptors (Lipinski definition) is 4. The molecule has 5 rings (SSSR count). The second kappa shape index (κ2) is 8.48. The molecule has 0 heterocycles. The normalized spacial score (nSPS) is 34.8. The van der Waals surface area contributed by atoms with E-state index in [9.17, 15) is 14.7 Å². The molecule has 1 aromatic carbocycles. The number of hydrogen-bond donors (Lipinski definition) is 1. The van der Waals surface area contributed by atoms with Crippen molar-refractivity contribution in [3.63, 3.8) is 0 Å². The van der Waals surface area contributed by atoms with Crippen molar-refractivity contribution in [3.8, 4) is 0 Å². The SMILES string of the molecule is CN(C)c1ccc(C2C[C@@]3(C)C(CC[C@]3(C)C(=O)CCO)C3CCC4=CC(=O)CCC4=C23)cc1. The van der Waals surface area contributed by atoms with Crippen LogP contribution in [0.5, 0.6) is 0 Å². The molecule has 0 amide bonds. The van der Waals surface area contributed by atoms with Gasteiger partial charge in [-0.1, -0.05) is 31.6 Å². The number of ketones is 2. The summed E-state index contributed by atoms with van der Waals surface area (Å²) >= 11 is 0. The summed E-state index contributed by atoms with van der Waals surface area (Å²) in [5.41, 5.74) is 6.34. The quantitative estimate of drug-likeness (QED) is 0.619. The van der Waals surface area contributed by atoms with Crippen LogP contribution in [-0.2, 0) is 9.59 Å². The first-order valence-electron chi connectivity index (χ1n) is 13.1. The summed E-state index contributed by atoms with van der Waals surface area (Å²) in [5.74, 6) is 1.74. The Morgan fingerprint density at radius 3 is 2.50 bits per heavy atom. The van der Waals surface area contributed by atoms with E-state index in [2.05, 4.69) is 57.1 Å². The molecule has 0 saturated heterocycles. The summed E-state index contributed by atoms with van der Waals surface area (Å²) in [6.07, 6.45) is 8.69. The maximum Gasteiger partial charge on any atom is 0.156 e. The molecule has 0 aromatic heterocycles. The molecular weight excluding hydrogens is 422 g/mol. The van der Waals surface area contributed by atoms with Crippen LogP contribution in [0.3, 0.4) is 0 Å². The van der Waals surface area contributed by atoms with Crippen molar-refractivity contribution in [3.05, 3.63) is 52.6 Å². The van der Waals surface area contributed by atoms with Crippen molar-refractivity contribution >= 4 is 17.3 Å². The lowest BCUT2D eigenvalue weighted by atomic mass is 9.48. The van der Waals surface area contributed by atoms with Crippen molar-refractivity contribution in [2.45, 2.75) is 71.1 Å². The fourth-order valence-electron chi connectivity index (χ4n) is 8.04. The Morgan fingerprint density at radius 2 is 1.82 bits per heavy atom. The minimum Gasteiger partial charge on any atom is -0.396 e. The van der Waals surface area contributed by atoms with E-state index >= 15 is 0 Å². The maximum absolute atomic E-state index is 13.4. The van der Waals surface area contributed by atoms with Gasteiger partial charge in [0.2, 0.25) is 0 Å². The zero-order chi connectivity index (χ0) is 24.3. The van der Waals surface area contributed by atoms with Gasteiger partial charge in [0.15, 0.2) is 5.78 Å². The van der Waals surface area contributed by atoms with Crippen LogP contribution in [0.15, 0.2) is 47.1 Å². The lowest BCUT2D eigenvalue weighted by Gasteiger charge is -2.55. The Balaban J connectivity index is 1.65. The average Bonchev–Trinajstić information content (AvgIpc) is 3.10. The molecule has 1 aromatic rings. The lowest BCUT2D eigenvalue weighted by molar-refractivity contribution is -0.137. The summed E-state index contributed by atoms with van der Waals surface area (Å²) in [6.45, 7) is 4.49. The molecule has 4 aliphatic rings. The van der Waals surface area contributed by atoms with Gasteiger partial charge in [-0.15, -0.1) is 0 Å². The molecular formula is C30H39NO3. The number of anilines is 1. The molecule has 3 unspecified atom stereocenters. The van der Waals surface area contributed by atoms with Gasteiger partial charge >= 0.3 is 0 Å². The van der Waals surface area contributed by atoms with Gasteiger partial charge < -0.3 is 10.0 Å². The molecule has 0 spiro atoms. The van der Waals surface area contributed by atoms with Crippen molar-refractivity contribution < 1.29 is 14.7 Å². The summed E-state index contributed by atoms with van der Waals surface area (Å²) in [4.78, 5) is 27.7. The van der Waals surface area contributed by atoms with Gasteiger partial charge in [0, 0.05) is 50.6 Å². The van der Waals surface area contributed by atoms with Crippen LogP contribution < -0.4 is 4.90 Å². The fourth-order valence-corrected chi connectivity index (χ4v) is 8.04. The predicted molar refractivity (Wildman–Crippen MR) is 136 cm³/mol. The maximum atomic E-state index is 13.4. The summed E-state index contributed by atoms with van der Waals surface area (Å²) < 4.78 is 0. The molecule has 0 bridgehead atoms. The minimum atomic E-state index is -0.392. The van der Waals surface area contributed by atoms with Gasteiger partial charge in [-0.05, 0) is 90.7 Å². The summed E-state index contributed by atoms with van der Waals surface area (Å²) in [5, 5.41) is 9.56. The topological polar surface area (TPSA) is 57.6 Å². The number of Topliss-reactive ketones (excluding diaryl/α,β-unsaturated/α-hetero) is 1. The Bertz CT molecular complexity index is 1070. The van der Waals surface area contributed by atoms with E-state index in [1.54, 1.807) is 5.57 Å². The number of carbonyl (C=O) groups is 2. The van der Waals surface area contributed by atoms with Crippen LogP contribution in [0, 0.1) is 22.7 Å². The number of carbonyl (C=O) groups excluding carboxylic acids is 2. The van der Waals surface area contributed by atoms with Gasteiger partial charge in [-0.3, -0.25) is 9.59 Å². The van der Waals surface area contributed by atoms with Crippen LogP contribution in [0.2, 0.25) is 0 Å². The number of benzene rings is 1. The average molecular weight is 462 g/mol. The first-order chi connectivity index (χ1) is 16.2. The second-order valence-corrected chi connectivity index (χ2v) is 11.7. The Kier molecular flexibility index (Phi) is 5.87. The van der Waals surface area contributed by atoms with Crippen LogP contribution in [-0.4, -0.2) is 37.4 Å². The molecule has 182 valence electrons. The molecule has 4 heteroatoms. The highest BCUT2D eigenvalue weighted by Crippen LogP contribution is 2.69. The number of allylic oxidation sites excluding steroid dienone is 4. The highest BCUT2D eigenvalue weighted by atomic mass is 16.3. The third-order valence-electron chi connectivity index (χ3n) is 10.1. The number of aliphatic hydroxyl groups excluding tert-OH is 1. The van der Waals surface area contributed by atoms with E-state index in [-0.39, 0.29) is 35.9 Å². The van der Waals surface area contributed by atoms with Gasteiger partial charge in [0.1, 0.15) is 5.78 Å². The molecule has 1 N–H and O–H groups in total. The van der Waals surface area contributed by atoms with Gasteiger partial charge in [0.25, 0.3) is 0 Å². The van der Waals surface area contributed by atoms with Crippen LogP contribution in [0.4, 0.5) is 5.69 Å². The predicted octanol–water partition coefficient (Wildman–Crippen LogP) is 5.61. The number of aliphatic hydroxyl groups is 1. The van der Waals surface area contributed by atoms with Crippen molar-refractivity contribution in [2.75, 3.05) is 25.6 Å². The third-order valence-corrected chi connectivity index (χ3v) is 10.1. The fraction of sp³-hybridized carbons (Fsp3) is 0.600. The van der Waals surface area contributed by atoms with Crippen LogP contribution >= 0.6 is 0 Å². The molecule has 4 aliphatic carbocycles. The molecule has 0 aliphatic heterocycles. The van der Waals surface area contributed by atoms with Gasteiger partial charge in [-0.25, -0.2) is 0 Å². The van der Waals surface area contributed by atoms with E-state index in [4.69, 9.17) is 0 Å². The lowest BCUT2D eigenvalue weighted by Crippen LogP contribution is -2.50. The van der Waals surface area contributed by atoms with Gasteiger partial charge in [0.05, 0.1) is 0 Å². The second-order valence-electron chi connectivity index (χ2n) is 11.7. The standard InChI is InChI=1S/C30H39NO3/c1-29(27(34)14-16-32)15-13-26-24-11-7-20-17-22(33)10-12-23(20)28(24)25(18-30(26,29)2)19-5-8-21(9-6-19)31(3)4/h5-6,8-9,17,24-26,32H,7,10-16,18H2,1-4H3/t24?,25?,26?,29-,30+/m1/s1. The monoisotopic (exact) mass is 461 g/mol. The molecule has 4 nitrogen and oxygen atoms in total. The highest BCUT2D eigenvalue weighted by molar-refractivity contribution is 5.93. The zero-order valence-corrected chi connectivity index (χ0v) is 21.2. The van der Waals surface area contributed by atoms with E-state index in [1.807, 2.05) is 6.08 Å². The largest absolute Gasteiger partial charge is 0.396 e. The van der Waals surface area contributed by atoms with Crippen molar-refractivity contribution in [1.82, 2.24) is 0 Å². The molecule has 2 fully saturated rings. The van der Waals surface area contributed by atoms with E-state index in [0.717, 1.165) is 38.5 Å². The Morgan fingerprint density at radius 1 is 1.09 bits per heavy atom. The van der Waals surface area contributed by atoms with Crippen molar-refractivity contribution in [2.24, 2.45) is 22.7 Å². The van der Waals surface area contributed by atoms with Crippen LogP contribution in [0.25, 0.3) is 0 Å².